The molecule has 16 heavy (non-hydrogen) atoms. The molecule has 0 spiro atoms. The molecule has 0 bridgehead atoms. The number of nitrogens with one attached hydrogen (secondary N) is 2. The van der Waals surface area contributed by atoms with Crippen molar-refractivity contribution in [3.8, 4) is 0 Å². The molecule has 92 valence electrons. The van der Waals surface area contributed by atoms with Gasteiger partial charge in [-0.15, -0.1) is 0 Å². The van der Waals surface area contributed by atoms with Gasteiger partial charge in [0.1, 0.15) is 5.78 Å². The van der Waals surface area contributed by atoms with Gasteiger partial charge in [0.25, 0.3) is 0 Å². The average Bonchev–Trinajstić information content (AvgIpc) is 2.22. The van der Waals surface area contributed by atoms with Gasteiger partial charge in [-0.2, -0.15) is 0 Å². The fourth-order valence-electron chi connectivity index (χ4n) is 1.12. The van der Waals surface area contributed by atoms with Crippen LogP contribution in [0.25, 0.3) is 0 Å². The lowest BCUT2D eigenvalue weighted by molar-refractivity contribution is -0.130. The molecule has 0 aromatic rings. The zero-order valence-corrected chi connectivity index (χ0v) is 10.3. The molecule has 0 atom stereocenters. The van der Waals surface area contributed by atoms with Gasteiger partial charge >= 0.3 is 0 Å². The SMILES string of the molecule is CNC(=O)C(C)(C)CNC(=O)CCC(C)=O. The molecule has 0 radical (unpaired) electrons. The predicted molar refractivity (Wildman–Crippen MR) is 60.8 cm³/mol. The summed E-state index contributed by atoms with van der Waals surface area (Å²) in [5.74, 6) is -0.341. The van der Waals surface area contributed by atoms with Crippen LogP contribution in [-0.4, -0.2) is 31.2 Å². The smallest absolute Gasteiger partial charge is 0.227 e. The molecule has 2 amide bonds. The molecule has 0 rings (SSSR count). The molecule has 0 aromatic carbocycles. The van der Waals surface area contributed by atoms with Crippen molar-refractivity contribution in [1.29, 1.82) is 0 Å². The Bertz CT molecular complexity index is 285. The third-order valence-corrected chi connectivity index (χ3v) is 2.27. The summed E-state index contributed by atoms with van der Waals surface area (Å²) >= 11 is 0. The summed E-state index contributed by atoms with van der Waals surface area (Å²) < 4.78 is 0. The average molecular weight is 228 g/mol. The van der Waals surface area contributed by atoms with E-state index in [-0.39, 0.29) is 37.0 Å². The molecule has 0 aliphatic rings. The van der Waals surface area contributed by atoms with Gasteiger partial charge in [-0.3, -0.25) is 9.59 Å². The molecular formula is C11H20N2O3. The maximum Gasteiger partial charge on any atom is 0.227 e. The summed E-state index contributed by atoms with van der Waals surface area (Å²) in [6, 6.07) is 0. The van der Waals surface area contributed by atoms with Crippen LogP contribution in [0.3, 0.4) is 0 Å². The van der Waals surface area contributed by atoms with Crippen molar-refractivity contribution in [2.45, 2.75) is 33.6 Å². The van der Waals surface area contributed by atoms with Gasteiger partial charge < -0.3 is 15.4 Å². The van der Waals surface area contributed by atoms with Crippen LogP contribution in [0.5, 0.6) is 0 Å². The number of amides is 2. The third-order valence-electron chi connectivity index (χ3n) is 2.27. The van der Waals surface area contributed by atoms with Crippen molar-refractivity contribution in [2.75, 3.05) is 13.6 Å². The number of hydrogen-bond donors (Lipinski definition) is 2. The van der Waals surface area contributed by atoms with Crippen molar-refractivity contribution >= 4 is 17.6 Å². The second kappa shape index (κ2) is 6.25. The van der Waals surface area contributed by atoms with E-state index in [0.29, 0.717) is 0 Å². The number of carbonyl (C=O) groups is 3. The highest BCUT2D eigenvalue weighted by molar-refractivity contribution is 5.85. The van der Waals surface area contributed by atoms with Crippen molar-refractivity contribution < 1.29 is 14.4 Å². The van der Waals surface area contributed by atoms with Crippen molar-refractivity contribution in [3.63, 3.8) is 0 Å². The highest BCUT2D eigenvalue weighted by atomic mass is 16.2. The van der Waals surface area contributed by atoms with E-state index in [1.54, 1.807) is 20.9 Å². The number of ketones is 1. The largest absolute Gasteiger partial charge is 0.359 e. The lowest BCUT2D eigenvalue weighted by atomic mass is 9.92. The summed E-state index contributed by atoms with van der Waals surface area (Å²) in [5, 5.41) is 5.18. The molecule has 0 saturated carbocycles. The first-order valence-electron chi connectivity index (χ1n) is 5.28. The first kappa shape index (κ1) is 14.6. The van der Waals surface area contributed by atoms with Gasteiger partial charge in [-0.1, -0.05) is 0 Å². The van der Waals surface area contributed by atoms with Crippen LogP contribution in [0.2, 0.25) is 0 Å². The molecule has 5 heteroatoms. The fraction of sp³-hybridized carbons (Fsp3) is 0.727. The van der Waals surface area contributed by atoms with E-state index < -0.39 is 5.41 Å². The van der Waals surface area contributed by atoms with Crippen LogP contribution in [-0.2, 0) is 14.4 Å². The molecule has 0 fully saturated rings. The summed E-state index contributed by atoms with van der Waals surface area (Å²) in [6.45, 7) is 5.21. The van der Waals surface area contributed by atoms with Crippen molar-refractivity contribution in [1.82, 2.24) is 10.6 Å². The fourth-order valence-corrected chi connectivity index (χ4v) is 1.12. The molecular weight excluding hydrogens is 208 g/mol. The first-order valence-corrected chi connectivity index (χ1v) is 5.28. The standard InChI is InChI=1S/C11H20N2O3/c1-8(14)5-6-9(15)13-7-11(2,3)10(16)12-4/h5-7H2,1-4H3,(H,12,16)(H,13,15). The summed E-state index contributed by atoms with van der Waals surface area (Å²) in [7, 11) is 1.56. The van der Waals surface area contributed by atoms with Crippen LogP contribution in [0.1, 0.15) is 33.6 Å². The van der Waals surface area contributed by atoms with Gasteiger partial charge in [-0.05, 0) is 20.8 Å². The highest BCUT2D eigenvalue weighted by Gasteiger charge is 2.26. The molecule has 0 aliphatic heterocycles. The quantitative estimate of drug-likeness (QED) is 0.684. The van der Waals surface area contributed by atoms with Gasteiger partial charge in [0, 0.05) is 26.4 Å². The van der Waals surface area contributed by atoms with Gasteiger partial charge in [0.2, 0.25) is 11.8 Å². The number of Topliss-reactive ketones (excluding diaryl/α,β-unsaturated/α-hetero) is 1. The van der Waals surface area contributed by atoms with Crippen molar-refractivity contribution in [3.05, 3.63) is 0 Å². The molecule has 0 heterocycles. The zero-order chi connectivity index (χ0) is 12.8. The molecule has 0 unspecified atom stereocenters. The molecule has 5 nitrogen and oxygen atoms in total. The van der Waals surface area contributed by atoms with Crippen LogP contribution < -0.4 is 10.6 Å². The first-order chi connectivity index (χ1) is 7.29. The van der Waals surface area contributed by atoms with Gasteiger partial charge in [0.15, 0.2) is 0 Å². The topological polar surface area (TPSA) is 75.3 Å². The maximum atomic E-state index is 11.4. The third kappa shape index (κ3) is 5.48. The lowest BCUT2D eigenvalue weighted by Crippen LogP contribution is -2.43. The molecule has 0 aromatic heterocycles. The molecule has 2 N–H and O–H groups in total. The van der Waals surface area contributed by atoms with Crippen molar-refractivity contribution in [2.24, 2.45) is 5.41 Å². The van der Waals surface area contributed by atoms with E-state index in [2.05, 4.69) is 10.6 Å². The van der Waals surface area contributed by atoms with Crippen LogP contribution in [0.15, 0.2) is 0 Å². The Morgan fingerprint density at radius 1 is 1.12 bits per heavy atom. The number of hydrogen-bond acceptors (Lipinski definition) is 3. The Hall–Kier alpha value is -1.39. The lowest BCUT2D eigenvalue weighted by Gasteiger charge is -2.22. The minimum Gasteiger partial charge on any atom is -0.359 e. The number of carbonyl (C=O) groups excluding carboxylic acids is 3. The van der Waals surface area contributed by atoms with Crippen LogP contribution in [0, 0.1) is 5.41 Å². The Kier molecular flexibility index (Phi) is 5.71. The minimum absolute atomic E-state index is 0.0132. The van der Waals surface area contributed by atoms with Gasteiger partial charge in [-0.25, -0.2) is 0 Å². The Morgan fingerprint density at radius 2 is 1.69 bits per heavy atom. The second-order valence-corrected chi connectivity index (χ2v) is 4.44. The zero-order valence-electron chi connectivity index (χ0n) is 10.3. The van der Waals surface area contributed by atoms with E-state index in [1.165, 1.54) is 6.92 Å². The normalized spacial score (nSPS) is 10.8. The second-order valence-electron chi connectivity index (χ2n) is 4.44. The summed E-state index contributed by atoms with van der Waals surface area (Å²) in [4.78, 5) is 33.4. The van der Waals surface area contributed by atoms with E-state index in [1.807, 2.05) is 0 Å². The monoisotopic (exact) mass is 228 g/mol. The minimum atomic E-state index is -0.638. The van der Waals surface area contributed by atoms with E-state index in [9.17, 15) is 14.4 Å². The molecule has 0 saturated heterocycles. The maximum absolute atomic E-state index is 11.4. The van der Waals surface area contributed by atoms with Gasteiger partial charge in [0.05, 0.1) is 5.41 Å². The Labute approximate surface area is 96.0 Å². The van der Waals surface area contributed by atoms with Crippen LogP contribution >= 0.6 is 0 Å². The Balaban J connectivity index is 4.00. The van der Waals surface area contributed by atoms with E-state index in [0.717, 1.165) is 0 Å². The summed E-state index contributed by atoms with van der Waals surface area (Å²) in [5.41, 5.74) is -0.638. The molecule has 0 aliphatic carbocycles. The van der Waals surface area contributed by atoms with E-state index in [4.69, 9.17) is 0 Å². The van der Waals surface area contributed by atoms with E-state index >= 15 is 0 Å². The summed E-state index contributed by atoms with van der Waals surface area (Å²) in [6.07, 6.45) is 0.422. The number of rotatable bonds is 6. The van der Waals surface area contributed by atoms with Crippen LogP contribution in [0.4, 0.5) is 0 Å². The predicted octanol–water partition coefficient (Wildman–Crippen LogP) is 0.244. The Morgan fingerprint density at radius 3 is 2.12 bits per heavy atom. The highest BCUT2D eigenvalue weighted by Crippen LogP contribution is 2.13.